The van der Waals surface area contributed by atoms with E-state index in [0.717, 1.165) is 6.54 Å². The SMILES string of the molecule is CC1(C)CCCN(c2ccccc2CNC(C)(C)C)CC1. The van der Waals surface area contributed by atoms with Gasteiger partial charge < -0.3 is 10.2 Å². The molecule has 21 heavy (non-hydrogen) atoms. The molecule has 0 bridgehead atoms. The number of nitrogens with one attached hydrogen (secondary N) is 1. The third-order valence-corrected chi connectivity index (χ3v) is 4.48. The zero-order valence-corrected chi connectivity index (χ0v) is 14.5. The second-order valence-electron chi connectivity index (χ2n) is 8.24. The van der Waals surface area contributed by atoms with Gasteiger partial charge in [0.05, 0.1) is 0 Å². The Morgan fingerprint density at radius 2 is 1.81 bits per heavy atom. The number of rotatable bonds is 3. The predicted octanol–water partition coefficient (Wildman–Crippen LogP) is 4.59. The number of nitrogens with zero attached hydrogens (tertiary/aromatic N) is 1. The Balaban J connectivity index is 2.12. The quantitative estimate of drug-likeness (QED) is 0.875. The average Bonchev–Trinajstić information content (AvgIpc) is 2.57. The summed E-state index contributed by atoms with van der Waals surface area (Å²) in [6.45, 7) is 14.8. The Labute approximate surface area is 130 Å². The van der Waals surface area contributed by atoms with E-state index in [9.17, 15) is 0 Å². The van der Waals surface area contributed by atoms with E-state index in [4.69, 9.17) is 0 Å². The van der Waals surface area contributed by atoms with Crippen molar-refractivity contribution in [2.45, 2.75) is 66.0 Å². The molecule has 1 aliphatic rings. The van der Waals surface area contributed by atoms with E-state index >= 15 is 0 Å². The van der Waals surface area contributed by atoms with E-state index in [2.05, 4.69) is 69.1 Å². The van der Waals surface area contributed by atoms with Gasteiger partial charge in [-0.15, -0.1) is 0 Å². The molecule has 1 fully saturated rings. The van der Waals surface area contributed by atoms with E-state index < -0.39 is 0 Å². The first kappa shape index (κ1) is 16.4. The predicted molar refractivity (Wildman–Crippen MR) is 92.9 cm³/mol. The van der Waals surface area contributed by atoms with Crippen molar-refractivity contribution in [1.29, 1.82) is 0 Å². The van der Waals surface area contributed by atoms with Crippen LogP contribution in [0, 0.1) is 5.41 Å². The van der Waals surface area contributed by atoms with Crippen LogP contribution in [0.4, 0.5) is 5.69 Å². The highest BCUT2D eigenvalue weighted by atomic mass is 15.1. The third-order valence-electron chi connectivity index (χ3n) is 4.48. The van der Waals surface area contributed by atoms with Crippen LogP contribution in [0.15, 0.2) is 24.3 Å². The van der Waals surface area contributed by atoms with Gasteiger partial charge in [-0.05, 0) is 57.1 Å². The minimum absolute atomic E-state index is 0.161. The molecule has 0 unspecified atom stereocenters. The normalized spacial score (nSPS) is 19.4. The molecule has 0 atom stereocenters. The Kier molecular flexibility index (Phi) is 4.98. The fourth-order valence-electron chi connectivity index (χ4n) is 2.99. The molecular formula is C19H32N2. The summed E-state index contributed by atoms with van der Waals surface area (Å²) in [7, 11) is 0. The summed E-state index contributed by atoms with van der Waals surface area (Å²) in [6, 6.07) is 8.89. The summed E-state index contributed by atoms with van der Waals surface area (Å²) in [5.74, 6) is 0. The van der Waals surface area contributed by atoms with E-state index in [-0.39, 0.29) is 5.54 Å². The summed E-state index contributed by atoms with van der Waals surface area (Å²) in [4.78, 5) is 2.59. The van der Waals surface area contributed by atoms with Gasteiger partial charge in [-0.1, -0.05) is 32.0 Å². The van der Waals surface area contributed by atoms with Crippen LogP contribution < -0.4 is 10.2 Å². The van der Waals surface area contributed by atoms with Gasteiger partial charge in [0, 0.05) is 30.9 Å². The Morgan fingerprint density at radius 1 is 1.10 bits per heavy atom. The van der Waals surface area contributed by atoms with Crippen LogP contribution in [0.25, 0.3) is 0 Å². The third kappa shape index (κ3) is 5.03. The Bertz CT molecular complexity index is 457. The van der Waals surface area contributed by atoms with Gasteiger partial charge >= 0.3 is 0 Å². The lowest BCUT2D eigenvalue weighted by Crippen LogP contribution is -2.36. The van der Waals surface area contributed by atoms with E-state index in [1.807, 2.05) is 0 Å². The molecule has 118 valence electrons. The van der Waals surface area contributed by atoms with Gasteiger partial charge in [0.1, 0.15) is 0 Å². The standard InChI is InChI=1S/C19H32N2/c1-18(2,3)20-15-16-9-6-7-10-17(16)21-13-8-11-19(4,5)12-14-21/h6-7,9-10,20H,8,11-15H2,1-5H3. The molecule has 1 aromatic carbocycles. The van der Waals surface area contributed by atoms with Gasteiger partial charge in [-0.2, -0.15) is 0 Å². The minimum atomic E-state index is 0.161. The smallest absolute Gasteiger partial charge is 0.0411 e. The highest BCUT2D eigenvalue weighted by molar-refractivity contribution is 5.53. The highest BCUT2D eigenvalue weighted by Gasteiger charge is 2.24. The number of hydrogen-bond donors (Lipinski definition) is 1. The second kappa shape index (κ2) is 6.39. The van der Waals surface area contributed by atoms with Gasteiger partial charge in [0.25, 0.3) is 0 Å². The number of para-hydroxylation sites is 1. The topological polar surface area (TPSA) is 15.3 Å². The van der Waals surface area contributed by atoms with Crippen molar-refractivity contribution in [3.8, 4) is 0 Å². The maximum atomic E-state index is 3.62. The van der Waals surface area contributed by atoms with Crippen molar-refractivity contribution in [3.63, 3.8) is 0 Å². The summed E-state index contributed by atoms with van der Waals surface area (Å²) < 4.78 is 0. The molecule has 2 nitrogen and oxygen atoms in total. The molecule has 0 spiro atoms. The summed E-state index contributed by atoms with van der Waals surface area (Å²) in [6.07, 6.45) is 3.92. The first-order valence-corrected chi connectivity index (χ1v) is 8.35. The largest absolute Gasteiger partial charge is 0.371 e. The fourth-order valence-corrected chi connectivity index (χ4v) is 2.99. The molecule has 0 aliphatic carbocycles. The van der Waals surface area contributed by atoms with E-state index in [1.165, 1.54) is 43.6 Å². The van der Waals surface area contributed by atoms with Crippen LogP contribution in [0.5, 0.6) is 0 Å². The molecule has 0 saturated carbocycles. The van der Waals surface area contributed by atoms with Gasteiger partial charge in [-0.25, -0.2) is 0 Å². The molecule has 1 N–H and O–H groups in total. The van der Waals surface area contributed by atoms with Crippen LogP contribution in [0.1, 0.15) is 59.4 Å². The molecule has 1 saturated heterocycles. The van der Waals surface area contributed by atoms with Crippen LogP contribution in [-0.2, 0) is 6.54 Å². The van der Waals surface area contributed by atoms with E-state index in [1.54, 1.807) is 0 Å². The van der Waals surface area contributed by atoms with Gasteiger partial charge in [-0.3, -0.25) is 0 Å². The minimum Gasteiger partial charge on any atom is -0.371 e. The number of hydrogen-bond acceptors (Lipinski definition) is 2. The van der Waals surface area contributed by atoms with Crippen molar-refractivity contribution in [2.24, 2.45) is 5.41 Å². The summed E-state index contributed by atoms with van der Waals surface area (Å²) in [5.41, 5.74) is 3.50. The lowest BCUT2D eigenvalue weighted by Gasteiger charge is -2.28. The van der Waals surface area contributed by atoms with Crippen molar-refractivity contribution in [2.75, 3.05) is 18.0 Å². The zero-order valence-electron chi connectivity index (χ0n) is 14.5. The molecule has 0 aromatic heterocycles. The molecular weight excluding hydrogens is 256 g/mol. The van der Waals surface area contributed by atoms with Crippen LogP contribution in [0.3, 0.4) is 0 Å². The van der Waals surface area contributed by atoms with E-state index in [0.29, 0.717) is 5.41 Å². The van der Waals surface area contributed by atoms with Crippen LogP contribution >= 0.6 is 0 Å². The monoisotopic (exact) mass is 288 g/mol. The first-order valence-electron chi connectivity index (χ1n) is 8.35. The van der Waals surface area contributed by atoms with Gasteiger partial charge in [0.15, 0.2) is 0 Å². The molecule has 1 heterocycles. The van der Waals surface area contributed by atoms with Crippen LogP contribution in [0.2, 0.25) is 0 Å². The van der Waals surface area contributed by atoms with Gasteiger partial charge in [0.2, 0.25) is 0 Å². The number of anilines is 1. The first-order chi connectivity index (χ1) is 9.77. The zero-order chi connectivity index (χ0) is 15.5. The van der Waals surface area contributed by atoms with Crippen molar-refractivity contribution in [3.05, 3.63) is 29.8 Å². The molecule has 2 heteroatoms. The lowest BCUT2D eigenvalue weighted by molar-refractivity contribution is 0.325. The second-order valence-corrected chi connectivity index (χ2v) is 8.24. The van der Waals surface area contributed by atoms with Crippen molar-refractivity contribution in [1.82, 2.24) is 5.32 Å². The molecule has 1 aliphatic heterocycles. The maximum Gasteiger partial charge on any atom is 0.0411 e. The fraction of sp³-hybridized carbons (Fsp3) is 0.684. The molecule has 0 amide bonds. The lowest BCUT2D eigenvalue weighted by atomic mass is 9.85. The van der Waals surface area contributed by atoms with Crippen molar-refractivity contribution < 1.29 is 0 Å². The molecule has 1 aromatic rings. The Hall–Kier alpha value is -1.02. The Morgan fingerprint density at radius 3 is 2.52 bits per heavy atom. The average molecular weight is 288 g/mol. The highest BCUT2D eigenvalue weighted by Crippen LogP contribution is 2.32. The maximum absolute atomic E-state index is 3.62. The number of benzene rings is 1. The van der Waals surface area contributed by atoms with Crippen molar-refractivity contribution >= 4 is 5.69 Å². The molecule has 2 rings (SSSR count). The summed E-state index contributed by atoms with van der Waals surface area (Å²) in [5, 5.41) is 3.62. The summed E-state index contributed by atoms with van der Waals surface area (Å²) >= 11 is 0. The molecule has 0 radical (unpaired) electrons. The van der Waals surface area contributed by atoms with Crippen LogP contribution in [-0.4, -0.2) is 18.6 Å².